The second kappa shape index (κ2) is 6.16. The molecular weight excluding hydrogens is 292 g/mol. The van der Waals surface area contributed by atoms with Crippen LogP contribution in [0.4, 0.5) is 0 Å². The Morgan fingerprint density at radius 2 is 1.87 bits per heavy atom. The van der Waals surface area contributed by atoms with Gasteiger partial charge in [0.2, 0.25) is 11.2 Å². The number of methoxy groups -OCH3 is 1. The van der Waals surface area contributed by atoms with Crippen LogP contribution in [0.5, 0.6) is 17.2 Å². The Morgan fingerprint density at radius 3 is 2.52 bits per heavy atom. The lowest BCUT2D eigenvalue weighted by Gasteiger charge is -2.11. The normalized spacial score (nSPS) is 10.7. The van der Waals surface area contributed by atoms with E-state index in [1.807, 2.05) is 31.2 Å². The first kappa shape index (κ1) is 15.2. The molecule has 0 radical (unpaired) electrons. The van der Waals surface area contributed by atoms with Crippen molar-refractivity contribution in [2.24, 2.45) is 0 Å². The van der Waals surface area contributed by atoms with Gasteiger partial charge in [-0.05, 0) is 37.1 Å². The quantitative estimate of drug-likeness (QED) is 0.713. The Kier molecular flexibility index (Phi) is 4.06. The van der Waals surface area contributed by atoms with E-state index in [1.54, 1.807) is 32.2 Å². The fourth-order valence-corrected chi connectivity index (χ4v) is 2.55. The Balaban J connectivity index is 2.18. The Bertz CT molecular complexity index is 895. The second-order valence-electron chi connectivity index (χ2n) is 5.25. The van der Waals surface area contributed by atoms with E-state index >= 15 is 0 Å². The number of aryl methyl sites for hydroxylation is 2. The summed E-state index contributed by atoms with van der Waals surface area (Å²) in [4.78, 5) is 12.8. The minimum atomic E-state index is -0.176. The zero-order chi connectivity index (χ0) is 16.4. The van der Waals surface area contributed by atoms with Gasteiger partial charge in [-0.3, -0.25) is 4.79 Å². The van der Waals surface area contributed by atoms with Crippen molar-refractivity contribution in [2.75, 3.05) is 7.11 Å². The SMILES string of the molecule is CCc1cc2c(=O)c(Oc3ccccc3)c(C)oc2cc1OC. The molecule has 0 saturated carbocycles. The number of rotatable bonds is 4. The zero-order valence-corrected chi connectivity index (χ0v) is 13.4. The summed E-state index contributed by atoms with van der Waals surface area (Å²) in [6, 6.07) is 12.8. The summed E-state index contributed by atoms with van der Waals surface area (Å²) in [6.07, 6.45) is 0.765. The summed E-state index contributed by atoms with van der Waals surface area (Å²) in [5.41, 5.74) is 1.29. The smallest absolute Gasteiger partial charge is 0.235 e. The van der Waals surface area contributed by atoms with Crippen molar-refractivity contribution in [1.29, 1.82) is 0 Å². The number of ether oxygens (including phenoxy) is 2. The van der Waals surface area contributed by atoms with Gasteiger partial charge in [-0.1, -0.05) is 25.1 Å². The van der Waals surface area contributed by atoms with E-state index in [0.29, 0.717) is 22.5 Å². The molecule has 0 fully saturated rings. The molecule has 0 saturated heterocycles. The van der Waals surface area contributed by atoms with E-state index in [9.17, 15) is 4.79 Å². The van der Waals surface area contributed by atoms with E-state index < -0.39 is 0 Å². The zero-order valence-electron chi connectivity index (χ0n) is 13.4. The van der Waals surface area contributed by atoms with Crippen LogP contribution in [-0.4, -0.2) is 7.11 Å². The van der Waals surface area contributed by atoms with Crippen LogP contribution in [0.2, 0.25) is 0 Å². The van der Waals surface area contributed by atoms with Crippen LogP contribution in [0.3, 0.4) is 0 Å². The molecule has 3 rings (SSSR count). The number of para-hydroxylation sites is 1. The lowest BCUT2D eigenvalue weighted by molar-refractivity contribution is 0.408. The highest BCUT2D eigenvalue weighted by atomic mass is 16.5. The van der Waals surface area contributed by atoms with Gasteiger partial charge >= 0.3 is 0 Å². The average molecular weight is 310 g/mol. The molecule has 0 spiro atoms. The third kappa shape index (κ3) is 2.80. The minimum absolute atomic E-state index is 0.176. The van der Waals surface area contributed by atoms with Gasteiger partial charge < -0.3 is 13.9 Å². The molecule has 3 aromatic rings. The molecule has 0 aliphatic heterocycles. The highest BCUT2D eigenvalue weighted by Crippen LogP contribution is 2.29. The maximum absolute atomic E-state index is 12.8. The Labute approximate surface area is 134 Å². The van der Waals surface area contributed by atoms with Crippen molar-refractivity contribution in [3.05, 3.63) is 64.0 Å². The van der Waals surface area contributed by atoms with Gasteiger partial charge in [0, 0.05) is 6.07 Å². The van der Waals surface area contributed by atoms with Crippen LogP contribution >= 0.6 is 0 Å². The fourth-order valence-electron chi connectivity index (χ4n) is 2.55. The van der Waals surface area contributed by atoms with Gasteiger partial charge in [0.25, 0.3) is 0 Å². The molecule has 4 nitrogen and oxygen atoms in total. The maximum Gasteiger partial charge on any atom is 0.235 e. The number of hydrogen-bond donors (Lipinski definition) is 0. The topological polar surface area (TPSA) is 48.7 Å². The molecule has 0 amide bonds. The summed E-state index contributed by atoms with van der Waals surface area (Å²) < 4.78 is 16.9. The fraction of sp³-hybridized carbons (Fsp3) is 0.211. The molecule has 4 heteroatoms. The highest BCUT2D eigenvalue weighted by molar-refractivity contribution is 5.81. The molecule has 2 aromatic carbocycles. The number of hydrogen-bond acceptors (Lipinski definition) is 4. The van der Waals surface area contributed by atoms with Gasteiger partial charge in [-0.2, -0.15) is 0 Å². The average Bonchev–Trinajstić information content (AvgIpc) is 2.58. The largest absolute Gasteiger partial charge is 0.496 e. The first-order chi connectivity index (χ1) is 11.1. The van der Waals surface area contributed by atoms with Gasteiger partial charge in [0.1, 0.15) is 22.8 Å². The van der Waals surface area contributed by atoms with Gasteiger partial charge in [-0.15, -0.1) is 0 Å². The molecule has 0 bridgehead atoms. The molecule has 118 valence electrons. The van der Waals surface area contributed by atoms with E-state index in [1.165, 1.54) is 0 Å². The summed E-state index contributed by atoms with van der Waals surface area (Å²) in [7, 11) is 1.61. The Hall–Kier alpha value is -2.75. The van der Waals surface area contributed by atoms with E-state index in [2.05, 4.69) is 0 Å². The van der Waals surface area contributed by atoms with E-state index in [4.69, 9.17) is 13.9 Å². The van der Waals surface area contributed by atoms with Gasteiger partial charge in [0.05, 0.1) is 12.5 Å². The van der Waals surface area contributed by atoms with Crippen LogP contribution in [-0.2, 0) is 6.42 Å². The van der Waals surface area contributed by atoms with Crippen molar-refractivity contribution >= 4 is 11.0 Å². The first-order valence-corrected chi connectivity index (χ1v) is 7.51. The standard InChI is InChI=1S/C19H18O4/c1-4-13-10-15-17(11-16(13)21-3)22-12(2)19(18(15)20)23-14-8-6-5-7-9-14/h5-11H,4H2,1-3H3. The summed E-state index contributed by atoms with van der Waals surface area (Å²) in [5, 5.41) is 0.499. The molecule has 1 heterocycles. The van der Waals surface area contributed by atoms with Gasteiger partial charge in [0.15, 0.2) is 0 Å². The summed E-state index contributed by atoms with van der Waals surface area (Å²) >= 11 is 0. The molecule has 23 heavy (non-hydrogen) atoms. The molecule has 0 unspecified atom stereocenters. The number of benzene rings is 2. The summed E-state index contributed by atoms with van der Waals surface area (Å²) in [5.74, 6) is 1.99. The first-order valence-electron chi connectivity index (χ1n) is 7.51. The molecule has 0 atom stereocenters. The second-order valence-corrected chi connectivity index (χ2v) is 5.25. The lowest BCUT2D eigenvalue weighted by atomic mass is 10.1. The van der Waals surface area contributed by atoms with Crippen molar-refractivity contribution in [1.82, 2.24) is 0 Å². The van der Waals surface area contributed by atoms with Crippen LogP contribution in [0.25, 0.3) is 11.0 Å². The molecular formula is C19H18O4. The molecule has 0 aliphatic carbocycles. The van der Waals surface area contributed by atoms with Gasteiger partial charge in [-0.25, -0.2) is 0 Å². The lowest BCUT2D eigenvalue weighted by Crippen LogP contribution is -2.08. The third-order valence-electron chi connectivity index (χ3n) is 3.76. The van der Waals surface area contributed by atoms with Crippen LogP contribution in [0.15, 0.2) is 51.7 Å². The number of fused-ring (bicyclic) bond motifs is 1. The summed E-state index contributed by atoms with van der Waals surface area (Å²) in [6.45, 7) is 3.74. The predicted molar refractivity (Wildman–Crippen MR) is 89.7 cm³/mol. The van der Waals surface area contributed by atoms with Crippen LogP contribution in [0.1, 0.15) is 18.2 Å². The van der Waals surface area contributed by atoms with Crippen molar-refractivity contribution < 1.29 is 13.9 Å². The van der Waals surface area contributed by atoms with Crippen LogP contribution in [0, 0.1) is 6.92 Å². The minimum Gasteiger partial charge on any atom is -0.496 e. The van der Waals surface area contributed by atoms with E-state index in [0.717, 1.165) is 17.7 Å². The molecule has 0 N–H and O–H groups in total. The maximum atomic E-state index is 12.8. The Morgan fingerprint density at radius 1 is 1.13 bits per heavy atom. The van der Waals surface area contributed by atoms with Crippen molar-refractivity contribution in [2.45, 2.75) is 20.3 Å². The van der Waals surface area contributed by atoms with Crippen LogP contribution < -0.4 is 14.9 Å². The third-order valence-corrected chi connectivity index (χ3v) is 3.76. The highest BCUT2D eigenvalue weighted by Gasteiger charge is 2.16. The molecule has 1 aromatic heterocycles. The monoisotopic (exact) mass is 310 g/mol. The van der Waals surface area contributed by atoms with Crippen molar-refractivity contribution in [3.63, 3.8) is 0 Å². The predicted octanol–water partition coefficient (Wildman–Crippen LogP) is 4.46. The van der Waals surface area contributed by atoms with Crippen molar-refractivity contribution in [3.8, 4) is 17.2 Å². The van der Waals surface area contributed by atoms with E-state index in [-0.39, 0.29) is 11.2 Å². The molecule has 0 aliphatic rings.